The van der Waals surface area contributed by atoms with Gasteiger partial charge in [0.05, 0.1) is 11.9 Å². The van der Waals surface area contributed by atoms with E-state index in [0.717, 1.165) is 83.8 Å². The minimum atomic E-state index is -0.172. The lowest BCUT2D eigenvalue weighted by Gasteiger charge is -2.39. The predicted octanol–water partition coefficient (Wildman–Crippen LogP) is 0.941. The summed E-state index contributed by atoms with van der Waals surface area (Å²) in [5, 5.41) is 14.7. The van der Waals surface area contributed by atoms with Crippen LogP contribution in [0.5, 0.6) is 0 Å². The predicted molar refractivity (Wildman–Crippen MR) is 120 cm³/mol. The molecule has 2 saturated carbocycles. The molecule has 8 nitrogen and oxygen atoms in total. The maximum Gasteiger partial charge on any atom is 0.237 e. The number of carbonyl (C=O) groups is 2. The zero-order chi connectivity index (χ0) is 22.0. The van der Waals surface area contributed by atoms with E-state index in [1.807, 2.05) is 0 Å². The molecule has 2 amide bonds. The zero-order valence-electron chi connectivity index (χ0n) is 18.7. The molecule has 2 aliphatic carbocycles. The fourth-order valence-electron chi connectivity index (χ4n) is 6.55. The molecule has 4 rings (SSSR count). The molecule has 8 heteroatoms. The van der Waals surface area contributed by atoms with Crippen LogP contribution in [0.4, 0.5) is 0 Å². The SMILES string of the molecule is N=C(N)C1CCC2CC(C(=O)NC3CCCNC3)N(CC3CCC(C(N)=O)CC3)C2C1. The summed E-state index contributed by atoms with van der Waals surface area (Å²) in [6, 6.07) is 0.468. The number of nitrogens with zero attached hydrogens (tertiary/aromatic N) is 1. The van der Waals surface area contributed by atoms with Crippen LogP contribution in [-0.4, -0.2) is 60.3 Å². The zero-order valence-corrected chi connectivity index (χ0v) is 18.7. The molecule has 2 saturated heterocycles. The molecule has 5 unspecified atom stereocenters. The van der Waals surface area contributed by atoms with Crippen molar-refractivity contribution in [1.29, 1.82) is 5.41 Å². The molecule has 5 atom stereocenters. The summed E-state index contributed by atoms with van der Waals surface area (Å²) < 4.78 is 0. The van der Waals surface area contributed by atoms with Gasteiger partial charge in [0, 0.05) is 37.0 Å². The Bertz CT molecular complexity index is 671. The van der Waals surface area contributed by atoms with Crippen molar-refractivity contribution in [3.63, 3.8) is 0 Å². The minimum Gasteiger partial charge on any atom is -0.387 e. The number of amides is 2. The molecule has 7 N–H and O–H groups in total. The number of primary amides is 1. The Morgan fingerprint density at radius 1 is 1.00 bits per heavy atom. The molecule has 0 spiro atoms. The fourth-order valence-corrected chi connectivity index (χ4v) is 6.55. The molecule has 0 aromatic carbocycles. The molecule has 2 heterocycles. The van der Waals surface area contributed by atoms with Crippen molar-refractivity contribution in [2.45, 2.75) is 82.3 Å². The number of nitrogens with two attached hydrogens (primary N) is 2. The Balaban J connectivity index is 1.44. The van der Waals surface area contributed by atoms with E-state index < -0.39 is 0 Å². The van der Waals surface area contributed by atoms with Crippen molar-refractivity contribution < 1.29 is 9.59 Å². The van der Waals surface area contributed by atoms with Gasteiger partial charge in [0.25, 0.3) is 0 Å². The molecule has 174 valence electrons. The number of likely N-dealkylation sites (tertiary alicyclic amines) is 1. The lowest BCUT2D eigenvalue weighted by molar-refractivity contribution is -0.127. The van der Waals surface area contributed by atoms with Crippen LogP contribution >= 0.6 is 0 Å². The molecule has 0 radical (unpaired) electrons. The van der Waals surface area contributed by atoms with Gasteiger partial charge in [0.2, 0.25) is 11.8 Å². The standard InChI is InChI=1S/C23H40N6O2/c24-21(25)17-8-7-16-10-20(23(31)28-18-2-1-9-27-12-18)29(19(16)11-17)13-14-3-5-15(6-4-14)22(26)30/h14-20,27H,1-13H2,(H3,24,25)(H2,26,30)(H,28,31). The van der Waals surface area contributed by atoms with Gasteiger partial charge in [-0.3, -0.25) is 19.9 Å². The molecule has 0 bridgehead atoms. The van der Waals surface area contributed by atoms with Gasteiger partial charge in [0.1, 0.15) is 0 Å². The summed E-state index contributed by atoms with van der Waals surface area (Å²) in [5.41, 5.74) is 11.4. The highest BCUT2D eigenvalue weighted by atomic mass is 16.2. The summed E-state index contributed by atoms with van der Waals surface area (Å²) in [6.07, 6.45) is 9.70. The van der Waals surface area contributed by atoms with E-state index in [0.29, 0.717) is 23.7 Å². The van der Waals surface area contributed by atoms with E-state index in [1.165, 1.54) is 0 Å². The lowest BCUT2D eigenvalue weighted by atomic mass is 9.77. The Kier molecular flexibility index (Phi) is 7.16. The van der Waals surface area contributed by atoms with Gasteiger partial charge in [-0.15, -0.1) is 0 Å². The van der Waals surface area contributed by atoms with Crippen molar-refractivity contribution in [1.82, 2.24) is 15.5 Å². The monoisotopic (exact) mass is 432 g/mol. The Morgan fingerprint density at radius 3 is 2.39 bits per heavy atom. The average molecular weight is 433 g/mol. The van der Waals surface area contributed by atoms with Crippen LogP contribution in [0.15, 0.2) is 0 Å². The number of fused-ring (bicyclic) bond motifs is 1. The number of amidine groups is 1. The molecule has 0 aromatic rings. The van der Waals surface area contributed by atoms with Gasteiger partial charge in [-0.2, -0.15) is 0 Å². The quantitative estimate of drug-likeness (QED) is 0.314. The second-order valence-electron chi connectivity index (χ2n) is 10.4. The highest BCUT2D eigenvalue weighted by molar-refractivity contribution is 5.83. The summed E-state index contributed by atoms with van der Waals surface area (Å²) in [5.74, 6) is 1.46. The van der Waals surface area contributed by atoms with Gasteiger partial charge >= 0.3 is 0 Å². The molecule has 4 aliphatic rings. The maximum absolute atomic E-state index is 13.4. The lowest BCUT2D eigenvalue weighted by Crippen LogP contribution is -2.54. The van der Waals surface area contributed by atoms with E-state index in [1.54, 1.807) is 0 Å². The first-order chi connectivity index (χ1) is 14.9. The number of piperidine rings is 1. The molecule has 0 aromatic heterocycles. The maximum atomic E-state index is 13.4. The van der Waals surface area contributed by atoms with Crippen molar-refractivity contribution >= 4 is 17.6 Å². The van der Waals surface area contributed by atoms with Crippen LogP contribution < -0.4 is 22.1 Å². The average Bonchev–Trinajstić information content (AvgIpc) is 3.12. The number of hydrogen-bond donors (Lipinski definition) is 5. The van der Waals surface area contributed by atoms with Crippen molar-refractivity contribution in [2.75, 3.05) is 19.6 Å². The van der Waals surface area contributed by atoms with Crippen LogP contribution in [0.25, 0.3) is 0 Å². The third-order valence-corrected chi connectivity index (χ3v) is 8.41. The summed E-state index contributed by atoms with van der Waals surface area (Å²) in [7, 11) is 0. The number of carbonyl (C=O) groups excluding carboxylic acids is 2. The smallest absolute Gasteiger partial charge is 0.237 e. The molecule has 4 fully saturated rings. The molecular formula is C23H40N6O2. The first kappa shape index (κ1) is 22.5. The van der Waals surface area contributed by atoms with Crippen LogP contribution in [-0.2, 0) is 9.59 Å². The van der Waals surface area contributed by atoms with Crippen LogP contribution in [0.3, 0.4) is 0 Å². The largest absolute Gasteiger partial charge is 0.387 e. The summed E-state index contributed by atoms with van der Waals surface area (Å²) in [4.78, 5) is 27.4. The van der Waals surface area contributed by atoms with E-state index >= 15 is 0 Å². The van der Waals surface area contributed by atoms with Crippen LogP contribution in [0.2, 0.25) is 0 Å². The second kappa shape index (κ2) is 9.86. The third-order valence-electron chi connectivity index (χ3n) is 8.41. The minimum absolute atomic E-state index is 0.0113. The highest BCUT2D eigenvalue weighted by Gasteiger charge is 2.48. The molecular weight excluding hydrogens is 392 g/mol. The number of rotatable bonds is 6. The van der Waals surface area contributed by atoms with Gasteiger partial charge in [-0.1, -0.05) is 0 Å². The molecule has 31 heavy (non-hydrogen) atoms. The van der Waals surface area contributed by atoms with E-state index in [-0.39, 0.29) is 35.7 Å². The van der Waals surface area contributed by atoms with E-state index in [9.17, 15) is 9.59 Å². The Hall–Kier alpha value is -1.67. The molecule has 2 aliphatic heterocycles. The summed E-state index contributed by atoms with van der Waals surface area (Å²) in [6.45, 7) is 2.79. The van der Waals surface area contributed by atoms with E-state index in [2.05, 4.69) is 15.5 Å². The first-order valence-corrected chi connectivity index (χ1v) is 12.3. The number of nitrogens with one attached hydrogen (secondary N) is 3. The van der Waals surface area contributed by atoms with Gasteiger partial charge in [0.15, 0.2) is 0 Å². The van der Waals surface area contributed by atoms with Gasteiger partial charge in [-0.05, 0) is 82.6 Å². The highest BCUT2D eigenvalue weighted by Crippen LogP contribution is 2.43. The van der Waals surface area contributed by atoms with Crippen molar-refractivity contribution in [3.8, 4) is 0 Å². The van der Waals surface area contributed by atoms with Crippen molar-refractivity contribution in [2.24, 2.45) is 35.1 Å². The third kappa shape index (κ3) is 5.22. The van der Waals surface area contributed by atoms with Gasteiger partial charge < -0.3 is 22.1 Å². The topological polar surface area (TPSA) is 137 Å². The fraction of sp³-hybridized carbons (Fsp3) is 0.870. The van der Waals surface area contributed by atoms with Crippen molar-refractivity contribution in [3.05, 3.63) is 0 Å². The Labute approximate surface area is 185 Å². The summed E-state index contributed by atoms with van der Waals surface area (Å²) >= 11 is 0. The normalized spacial score (nSPS) is 38.9. The Morgan fingerprint density at radius 2 is 1.74 bits per heavy atom. The van der Waals surface area contributed by atoms with Crippen LogP contribution in [0, 0.1) is 29.1 Å². The second-order valence-corrected chi connectivity index (χ2v) is 10.4. The van der Waals surface area contributed by atoms with E-state index in [4.69, 9.17) is 16.9 Å². The van der Waals surface area contributed by atoms with Crippen LogP contribution in [0.1, 0.15) is 64.2 Å². The van der Waals surface area contributed by atoms with Gasteiger partial charge in [-0.25, -0.2) is 0 Å². The number of hydrogen-bond acceptors (Lipinski definition) is 5. The first-order valence-electron chi connectivity index (χ1n) is 12.3.